The van der Waals surface area contributed by atoms with E-state index in [1.54, 1.807) is 0 Å². The van der Waals surface area contributed by atoms with Crippen LogP contribution in [0.5, 0.6) is 0 Å². The predicted molar refractivity (Wildman–Crippen MR) is 85.2 cm³/mol. The summed E-state index contributed by atoms with van der Waals surface area (Å²) >= 11 is 5.52. The Morgan fingerprint density at radius 2 is 1.80 bits per heavy atom. The van der Waals surface area contributed by atoms with E-state index in [-0.39, 0.29) is 17.5 Å². The second-order valence-corrected chi connectivity index (χ2v) is 8.65. The molecule has 0 amide bonds. The van der Waals surface area contributed by atoms with E-state index in [1.807, 2.05) is 24.1 Å². The Labute approximate surface area is 127 Å². The molecule has 0 aromatic carbocycles. The highest BCUT2D eigenvalue weighted by Gasteiger charge is 2.35. The summed E-state index contributed by atoms with van der Waals surface area (Å²) in [6, 6.07) is 0.412. The summed E-state index contributed by atoms with van der Waals surface area (Å²) in [5, 5.41) is 7.94. The van der Waals surface area contributed by atoms with E-state index in [2.05, 4.69) is 5.32 Å². The number of rotatable bonds is 3. The van der Waals surface area contributed by atoms with Crippen LogP contribution in [0.2, 0.25) is 0 Å². The second kappa shape index (κ2) is 6.58. The highest BCUT2D eigenvalue weighted by atomic mass is 32.2. The third-order valence-electron chi connectivity index (χ3n) is 4.13. The molecule has 1 atom stereocenters. The normalized spacial score (nSPS) is 26.6. The summed E-state index contributed by atoms with van der Waals surface area (Å²) in [7, 11) is 0.937. The Morgan fingerprint density at radius 3 is 2.30 bits per heavy atom. The van der Waals surface area contributed by atoms with Crippen molar-refractivity contribution in [1.82, 2.24) is 15.3 Å². The van der Waals surface area contributed by atoms with Gasteiger partial charge in [0.25, 0.3) is 0 Å². The van der Waals surface area contributed by atoms with Crippen molar-refractivity contribution in [3.05, 3.63) is 0 Å². The van der Waals surface area contributed by atoms with Crippen molar-refractivity contribution in [2.24, 2.45) is 0 Å². The van der Waals surface area contributed by atoms with Gasteiger partial charge in [0.15, 0.2) is 14.9 Å². The van der Waals surface area contributed by atoms with Gasteiger partial charge in [-0.2, -0.15) is 0 Å². The smallest absolute Gasteiger partial charge is 0.184 e. The van der Waals surface area contributed by atoms with Crippen LogP contribution in [0.3, 0.4) is 0 Å². The molecule has 0 spiro atoms. The number of hydrazine groups is 1. The molecule has 0 bridgehead atoms. The Morgan fingerprint density at radius 1 is 1.15 bits per heavy atom. The second-order valence-electron chi connectivity index (χ2n) is 6.03. The average molecular weight is 319 g/mol. The van der Waals surface area contributed by atoms with E-state index in [4.69, 9.17) is 12.2 Å². The predicted octanol–water partition coefficient (Wildman–Crippen LogP) is 1.16. The first-order valence-electron chi connectivity index (χ1n) is 7.36. The summed E-state index contributed by atoms with van der Waals surface area (Å²) < 4.78 is 23.3. The summed E-state index contributed by atoms with van der Waals surface area (Å²) in [6.07, 6.45) is 6.78. The van der Waals surface area contributed by atoms with Crippen molar-refractivity contribution in [2.75, 3.05) is 25.6 Å². The Balaban J connectivity index is 1.99. The van der Waals surface area contributed by atoms with E-state index >= 15 is 0 Å². The molecule has 2 aliphatic rings. The lowest BCUT2D eigenvalue weighted by atomic mass is 9.96. The lowest BCUT2D eigenvalue weighted by Crippen LogP contribution is -2.55. The molecular weight excluding hydrogens is 294 g/mol. The number of sulfone groups is 1. The maximum Gasteiger partial charge on any atom is 0.184 e. The molecule has 0 unspecified atom stereocenters. The SMILES string of the molecule is CN(C)N(C(=S)NC1CCCCC1)[C@H]1CCS(=O)(=O)C1. The molecule has 1 heterocycles. The van der Waals surface area contributed by atoms with Gasteiger partial charge >= 0.3 is 0 Å². The third-order valence-corrected chi connectivity index (χ3v) is 6.18. The Hall–Kier alpha value is -0.400. The van der Waals surface area contributed by atoms with Crippen molar-refractivity contribution in [3.63, 3.8) is 0 Å². The molecule has 1 saturated carbocycles. The fourth-order valence-electron chi connectivity index (χ4n) is 3.13. The molecule has 20 heavy (non-hydrogen) atoms. The van der Waals surface area contributed by atoms with Gasteiger partial charge in [0, 0.05) is 20.1 Å². The molecule has 0 aromatic heterocycles. The van der Waals surface area contributed by atoms with Gasteiger partial charge in [-0.15, -0.1) is 0 Å². The summed E-state index contributed by atoms with van der Waals surface area (Å²) in [5.74, 6) is 0.478. The van der Waals surface area contributed by atoms with Gasteiger partial charge < -0.3 is 5.32 Å². The molecule has 116 valence electrons. The van der Waals surface area contributed by atoms with Gasteiger partial charge in [0.2, 0.25) is 0 Å². The molecule has 1 aliphatic carbocycles. The highest BCUT2D eigenvalue weighted by Crippen LogP contribution is 2.21. The lowest BCUT2D eigenvalue weighted by molar-refractivity contribution is 0.0698. The fourth-order valence-corrected chi connectivity index (χ4v) is 5.30. The van der Waals surface area contributed by atoms with Crippen LogP contribution in [0.25, 0.3) is 0 Å². The van der Waals surface area contributed by atoms with E-state index in [9.17, 15) is 8.42 Å². The fraction of sp³-hybridized carbons (Fsp3) is 0.923. The molecule has 1 N–H and O–H groups in total. The first kappa shape index (κ1) is 16.0. The summed E-state index contributed by atoms with van der Waals surface area (Å²) in [5.41, 5.74) is 0. The van der Waals surface area contributed by atoms with E-state index < -0.39 is 9.84 Å². The van der Waals surface area contributed by atoms with Crippen LogP contribution in [-0.4, -0.2) is 61.2 Å². The number of nitrogens with zero attached hydrogens (tertiary/aromatic N) is 2. The summed E-state index contributed by atoms with van der Waals surface area (Å²) in [6.45, 7) is 0. The van der Waals surface area contributed by atoms with Crippen molar-refractivity contribution < 1.29 is 8.42 Å². The largest absolute Gasteiger partial charge is 0.359 e. The Kier molecular flexibility index (Phi) is 5.25. The number of nitrogens with one attached hydrogen (secondary N) is 1. The lowest BCUT2D eigenvalue weighted by Gasteiger charge is -2.38. The molecule has 0 radical (unpaired) electrons. The standard InChI is InChI=1S/C13H25N3O2S2/c1-15(2)16(12-8-9-20(17,18)10-12)13(19)14-11-6-4-3-5-7-11/h11-12H,3-10H2,1-2H3,(H,14,19)/t12-/m0/s1. The van der Waals surface area contributed by atoms with Gasteiger partial charge in [0.05, 0.1) is 17.5 Å². The van der Waals surface area contributed by atoms with Crippen molar-refractivity contribution >= 4 is 27.2 Å². The quantitative estimate of drug-likeness (QED) is 0.622. The average Bonchev–Trinajstić information content (AvgIpc) is 2.70. The molecule has 5 nitrogen and oxygen atoms in total. The Bertz CT molecular complexity index is 445. The minimum atomic E-state index is -2.90. The van der Waals surface area contributed by atoms with Crippen LogP contribution in [0.4, 0.5) is 0 Å². The molecule has 2 rings (SSSR count). The van der Waals surface area contributed by atoms with Gasteiger partial charge in [-0.25, -0.2) is 13.4 Å². The number of thiocarbonyl (C=S) groups is 1. The molecule has 1 saturated heterocycles. The number of hydrogen-bond donors (Lipinski definition) is 1. The maximum absolute atomic E-state index is 11.7. The molecule has 2 fully saturated rings. The van der Waals surface area contributed by atoms with Gasteiger partial charge in [0.1, 0.15) is 0 Å². The van der Waals surface area contributed by atoms with Crippen LogP contribution in [0.1, 0.15) is 38.5 Å². The maximum atomic E-state index is 11.7. The van der Waals surface area contributed by atoms with Crippen molar-refractivity contribution in [3.8, 4) is 0 Å². The van der Waals surface area contributed by atoms with E-state index in [1.165, 1.54) is 19.3 Å². The summed E-state index contributed by atoms with van der Waals surface area (Å²) in [4.78, 5) is 0. The van der Waals surface area contributed by atoms with Crippen LogP contribution >= 0.6 is 12.2 Å². The zero-order valence-electron chi connectivity index (χ0n) is 12.3. The highest BCUT2D eigenvalue weighted by molar-refractivity contribution is 7.91. The zero-order chi connectivity index (χ0) is 14.8. The van der Waals surface area contributed by atoms with Gasteiger partial charge in [-0.3, -0.25) is 5.01 Å². The molecule has 1 aliphatic heterocycles. The van der Waals surface area contributed by atoms with Crippen LogP contribution in [0, 0.1) is 0 Å². The van der Waals surface area contributed by atoms with Crippen LogP contribution in [-0.2, 0) is 9.84 Å². The van der Waals surface area contributed by atoms with E-state index in [0.717, 1.165) is 12.8 Å². The zero-order valence-corrected chi connectivity index (χ0v) is 14.0. The van der Waals surface area contributed by atoms with Gasteiger partial charge in [-0.1, -0.05) is 19.3 Å². The third kappa shape index (κ3) is 4.05. The minimum absolute atomic E-state index is 0.0291. The van der Waals surface area contributed by atoms with E-state index in [0.29, 0.717) is 17.6 Å². The van der Waals surface area contributed by atoms with Crippen molar-refractivity contribution in [1.29, 1.82) is 0 Å². The van der Waals surface area contributed by atoms with Gasteiger partial charge in [-0.05, 0) is 31.5 Å². The van der Waals surface area contributed by atoms with Crippen molar-refractivity contribution in [2.45, 2.75) is 50.6 Å². The molecular formula is C13H25N3O2S2. The topological polar surface area (TPSA) is 52.6 Å². The first-order valence-corrected chi connectivity index (χ1v) is 9.59. The number of hydrogen-bond acceptors (Lipinski definition) is 4. The van der Waals surface area contributed by atoms with Crippen LogP contribution < -0.4 is 5.32 Å². The first-order chi connectivity index (χ1) is 9.39. The minimum Gasteiger partial charge on any atom is -0.359 e. The van der Waals surface area contributed by atoms with Crippen LogP contribution in [0.15, 0.2) is 0 Å². The monoisotopic (exact) mass is 319 g/mol. The molecule has 0 aromatic rings. The molecule has 7 heteroatoms.